The molecule has 2 N–H and O–H groups in total. The molecule has 1 amide bonds. The maximum absolute atomic E-state index is 12.3. The number of ether oxygens (including phenoxy) is 1. The predicted octanol–water partition coefficient (Wildman–Crippen LogP) is 2.75. The van der Waals surface area contributed by atoms with E-state index < -0.39 is 0 Å². The van der Waals surface area contributed by atoms with E-state index in [9.17, 15) is 4.79 Å². The maximum atomic E-state index is 12.3. The van der Waals surface area contributed by atoms with E-state index in [0.29, 0.717) is 22.3 Å². The number of carbonyl (C=O) groups is 1. The van der Waals surface area contributed by atoms with Crippen molar-refractivity contribution in [1.82, 2.24) is 14.9 Å². The van der Waals surface area contributed by atoms with Gasteiger partial charge in [-0.25, -0.2) is 9.97 Å². The predicted molar refractivity (Wildman–Crippen MR) is 99.6 cm³/mol. The van der Waals surface area contributed by atoms with E-state index in [2.05, 4.69) is 25.5 Å². The summed E-state index contributed by atoms with van der Waals surface area (Å²) in [6.07, 6.45) is 2.34. The van der Waals surface area contributed by atoms with Gasteiger partial charge in [0.2, 0.25) is 0 Å². The quantitative estimate of drug-likeness (QED) is 0.702. The molecule has 0 bridgehead atoms. The average molecular weight is 364 g/mol. The molecule has 0 saturated heterocycles. The van der Waals surface area contributed by atoms with E-state index in [4.69, 9.17) is 16.3 Å². The number of hydrogen-bond acceptors (Lipinski definition) is 6. The number of benzene rings is 1. The SMILES string of the molecule is COc1ccc(NC(=O)c2cc(NCCCN(C)C)ncn2)cc1Cl. The average Bonchev–Trinajstić information content (AvgIpc) is 2.59. The van der Waals surface area contributed by atoms with Gasteiger partial charge in [-0.15, -0.1) is 0 Å². The lowest BCUT2D eigenvalue weighted by atomic mass is 10.3. The minimum atomic E-state index is -0.333. The highest BCUT2D eigenvalue weighted by molar-refractivity contribution is 6.32. The van der Waals surface area contributed by atoms with Crippen molar-refractivity contribution in [3.63, 3.8) is 0 Å². The molecule has 2 aromatic rings. The number of rotatable bonds is 8. The van der Waals surface area contributed by atoms with Gasteiger partial charge in [-0.2, -0.15) is 0 Å². The first-order valence-corrected chi connectivity index (χ1v) is 8.23. The van der Waals surface area contributed by atoms with Gasteiger partial charge in [0.1, 0.15) is 23.6 Å². The number of nitrogens with zero attached hydrogens (tertiary/aromatic N) is 3. The molecule has 0 saturated carbocycles. The summed E-state index contributed by atoms with van der Waals surface area (Å²) in [5, 5.41) is 6.37. The lowest BCUT2D eigenvalue weighted by Crippen LogP contribution is -2.17. The first-order chi connectivity index (χ1) is 12.0. The monoisotopic (exact) mass is 363 g/mol. The van der Waals surface area contributed by atoms with Crippen molar-refractivity contribution in [2.45, 2.75) is 6.42 Å². The van der Waals surface area contributed by atoms with Crippen LogP contribution in [-0.2, 0) is 0 Å². The van der Waals surface area contributed by atoms with Crippen LogP contribution < -0.4 is 15.4 Å². The van der Waals surface area contributed by atoms with Crippen molar-refractivity contribution < 1.29 is 9.53 Å². The molecular formula is C17H22ClN5O2. The van der Waals surface area contributed by atoms with Crippen LogP contribution in [0.15, 0.2) is 30.6 Å². The van der Waals surface area contributed by atoms with Crippen LogP contribution in [-0.4, -0.2) is 55.1 Å². The summed E-state index contributed by atoms with van der Waals surface area (Å²) >= 11 is 6.06. The van der Waals surface area contributed by atoms with E-state index in [1.165, 1.54) is 13.4 Å². The zero-order chi connectivity index (χ0) is 18.2. The second-order valence-corrected chi connectivity index (χ2v) is 6.08. The molecule has 0 aliphatic carbocycles. The summed E-state index contributed by atoms with van der Waals surface area (Å²) in [5.41, 5.74) is 0.840. The van der Waals surface area contributed by atoms with E-state index in [1.807, 2.05) is 14.1 Å². The van der Waals surface area contributed by atoms with Crippen LogP contribution in [0, 0.1) is 0 Å². The summed E-state index contributed by atoms with van der Waals surface area (Å²) in [4.78, 5) is 22.6. The number of aromatic nitrogens is 2. The summed E-state index contributed by atoms with van der Waals surface area (Å²) in [7, 11) is 5.59. The van der Waals surface area contributed by atoms with E-state index in [1.54, 1.807) is 24.3 Å². The summed E-state index contributed by atoms with van der Waals surface area (Å²) in [6, 6.07) is 6.65. The fourth-order valence-electron chi connectivity index (χ4n) is 2.13. The van der Waals surface area contributed by atoms with Gasteiger partial charge in [0.15, 0.2) is 0 Å². The summed E-state index contributed by atoms with van der Waals surface area (Å²) < 4.78 is 5.09. The van der Waals surface area contributed by atoms with Crippen LogP contribution in [0.4, 0.5) is 11.5 Å². The molecule has 0 aliphatic rings. The minimum Gasteiger partial charge on any atom is -0.495 e. The van der Waals surface area contributed by atoms with Gasteiger partial charge >= 0.3 is 0 Å². The first kappa shape index (κ1) is 19.0. The Labute approximate surface area is 152 Å². The van der Waals surface area contributed by atoms with Crippen molar-refractivity contribution in [2.24, 2.45) is 0 Å². The largest absolute Gasteiger partial charge is 0.495 e. The smallest absolute Gasteiger partial charge is 0.274 e. The van der Waals surface area contributed by atoms with Gasteiger partial charge in [0.25, 0.3) is 5.91 Å². The van der Waals surface area contributed by atoms with Crippen molar-refractivity contribution in [3.05, 3.63) is 41.3 Å². The molecule has 1 heterocycles. The van der Waals surface area contributed by atoms with Crippen molar-refractivity contribution in [2.75, 3.05) is 44.9 Å². The molecule has 7 nitrogen and oxygen atoms in total. The second-order valence-electron chi connectivity index (χ2n) is 5.68. The van der Waals surface area contributed by atoms with Gasteiger partial charge in [0, 0.05) is 18.3 Å². The molecule has 8 heteroatoms. The highest BCUT2D eigenvalue weighted by Crippen LogP contribution is 2.27. The number of anilines is 2. The number of amides is 1. The Kier molecular flexibility index (Phi) is 6.97. The molecule has 0 unspecified atom stereocenters. The molecule has 0 radical (unpaired) electrons. The molecular weight excluding hydrogens is 342 g/mol. The lowest BCUT2D eigenvalue weighted by molar-refractivity contribution is 0.102. The Hall–Kier alpha value is -2.38. The Morgan fingerprint density at radius 2 is 2.08 bits per heavy atom. The molecule has 1 aromatic carbocycles. The highest BCUT2D eigenvalue weighted by Gasteiger charge is 2.10. The second kappa shape index (κ2) is 9.19. The van der Waals surface area contributed by atoms with Crippen LogP contribution in [0.25, 0.3) is 0 Å². The Balaban J connectivity index is 1.97. The van der Waals surface area contributed by atoms with Crippen LogP contribution in [0.3, 0.4) is 0 Å². The third-order valence-electron chi connectivity index (χ3n) is 3.40. The Morgan fingerprint density at radius 1 is 1.28 bits per heavy atom. The molecule has 0 spiro atoms. The molecule has 1 aromatic heterocycles. The van der Waals surface area contributed by atoms with Crippen LogP contribution in [0.5, 0.6) is 5.75 Å². The van der Waals surface area contributed by atoms with Crippen molar-refractivity contribution in [3.8, 4) is 5.75 Å². The fourth-order valence-corrected chi connectivity index (χ4v) is 2.39. The number of carbonyl (C=O) groups excluding carboxylic acids is 1. The van der Waals surface area contributed by atoms with Crippen LogP contribution in [0.2, 0.25) is 5.02 Å². The molecule has 0 atom stereocenters. The number of methoxy groups -OCH3 is 1. The number of hydrogen-bond donors (Lipinski definition) is 2. The van der Waals surface area contributed by atoms with Crippen molar-refractivity contribution >= 4 is 29.0 Å². The van der Waals surface area contributed by atoms with Gasteiger partial charge in [-0.05, 0) is 45.3 Å². The molecule has 0 fully saturated rings. The van der Waals surface area contributed by atoms with Crippen molar-refractivity contribution in [1.29, 1.82) is 0 Å². The van der Waals surface area contributed by atoms with Gasteiger partial charge < -0.3 is 20.3 Å². The number of halogens is 1. The lowest BCUT2D eigenvalue weighted by Gasteiger charge is -2.11. The zero-order valence-electron chi connectivity index (χ0n) is 14.5. The zero-order valence-corrected chi connectivity index (χ0v) is 15.3. The van der Waals surface area contributed by atoms with Crippen LogP contribution in [0.1, 0.15) is 16.9 Å². The number of nitrogens with one attached hydrogen (secondary N) is 2. The van der Waals surface area contributed by atoms with E-state index in [0.717, 1.165) is 19.5 Å². The first-order valence-electron chi connectivity index (χ1n) is 7.85. The van der Waals surface area contributed by atoms with Gasteiger partial charge in [0.05, 0.1) is 12.1 Å². The maximum Gasteiger partial charge on any atom is 0.274 e. The third-order valence-corrected chi connectivity index (χ3v) is 3.69. The minimum absolute atomic E-state index is 0.275. The van der Waals surface area contributed by atoms with Gasteiger partial charge in [-0.3, -0.25) is 4.79 Å². The Morgan fingerprint density at radius 3 is 2.76 bits per heavy atom. The highest BCUT2D eigenvalue weighted by atomic mass is 35.5. The van der Waals surface area contributed by atoms with E-state index in [-0.39, 0.29) is 11.6 Å². The van der Waals surface area contributed by atoms with E-state index >= 15 is 0 Å². The standard InChI is InChI=1S/C17H22ClN5O2/c1-23(2)8-4-7-19-16-10-14(20-11-21-16)17(24)22-12-5-6-15(25-3)13(18)9-12/h5-6,9-11H,4,7-8H2,1-3H3,(H,22,24)(H,19,20,21). The summed E-state index contributed by atoms with van der Waals surface area (Å²) in [6.45, 7) is 1.74. The fraction of sp³-hybridized carbons (Fsp3) is 0.353. The molecule has 134 valence electrons. The third kappa shape index (κ3) is 5.88. The molecule has 0 aliphatic heterocycles. The normalized spacial score (nSPS) is 10.6. The topological polar surface area (TPSA) is 79.4 Å². The Bertz CT molecular complexity index is 724. The molecule has 25 heavy (non-hydrogen) atoms. The molecule has 2 rings (SSSR count). The van der Waals surface area contributed by atoms with Crippen LogP contribution >= 0.6 is 11.6 Å². The van der Waals surface area contributed by atoms with Gasteiger partial charge in [-0.1, -0.05) is 11.6 Å². The summed E-state index contributed by atoms with van der Waals surface area (Å²) in [5.74, 6) is 0.831.